The summed E-state index contributed by atoms with van der Waals surface area (Å²) in [6.45, 7) is 4.95. The van der Waals surface area contributed by atoms with E-state index in [-0.39, 0.29) is 12.5 Å². The summed E-state index contributed by atoms with van der Waals surface area (Å²) in [5.74, 6) is 0.181. The number of imide groups is 1. The Morgan fingerprint density at radius 3 is 2.28 bits per heavy atom. The van der Waals surface area contributed by atoms with Crippen LogP contribution in [0.15, 0.2) is 53.5 Å². The number of benzene rings is 2. The summed E-state index contributed by atoms with van der Waals surface area (Å²) in [4.78, 5) is 37.7. The predicted molar refractivity (Wildman–Crippen MR) is 136 cm³/mol. The third-order valence-electron chi connectivity index (χ3n) is 7.08. The Kier molecular flexibility index (Phi) is 6.87. The van der Waals surface area contributed by atoms with Gasteiger partial charge in [-0.05, 0) is 22.7 Å². The summed E-state index contributed by atoms with van der Waals surface area (Å²) in [6, 6.07) is 13.7. The molecule has 3 aliphatic rings. The van der Waals surface area contributed by atoms with Gasteiger partial charge in [0.25, 0.3) is 17.8 Å². The zero-order valence-electron chi connectivity index (χ0n) is 20.4. The smallest absolute Gasteiger partial charge is 0.297 e. The molecular weight excluding hydrogens is 483 g/mol. The SMILES string of the molecule is CN1C(=O)C2C(=NC(CN3CCN(Cc4ccccc4)CC3)=[N+]2Cc2c(F)cccc2Cl)N(C)C1=O. The second-order valence-corrected chi connectivity index (χ2v) is 9.80. The maximum Gasteiger partial charge on any atom is 0.333 e. The number of hydrogen-bond acceptors (Lipinski definition) is 5. The topological polar surface area (TPSA) is 62.5 Å². The molecule has 2 aromatic carbocycles. The second-order valence-electron chi connectivity index (χ2n) is 9.39. The van der Waals surface area contributed by atoms with Gasteiger partial charge < -0.3 is 0 Å². The summed E-state index contributed by atoms with van der Waals surface area (Å²) in [5, 5.41) is 0.290. The van der Waals surface area contributed by atoms with E-state index >= 15 is 0 Å². The molecule has 2 saturated heterocycles. The molecule has 188 valence electrons. The number of piperazine rings is 1. The highest BCUT2D eigenvalue weighted by molar-refractivity contribution is 6.31. The van der Waals surface area contributed by atoms with Crippen LogP contribution in [0.3, 0.4) is 0 Å². The predicted octanol–water partition coefficient (Wildman–Crippen LogP) is 2.51. The number of rotatable bonds is 6. The van der Waals surface area contributed by atoms with Crippen molar-refractivity contribution in [2.45, 2.75) is 19.1 Å². The lowest BCUT2D eigenvalue weighted by molar-refractivity contribution is -0.552. The van der Waals surface area contributed by atoms with Crippen molar-refractivity contribution in [3.8, 4) is 0 Å². The number of fused-ring (bicyclic) bond motifs is 1. The first-order valence-corrected chi connectivity index (χ1v) is 12.4. The largest absolute Gasteiger partial charge is 0.333 e. The van der Waals surface area contributed by atoms with Crippen molar-refractivity contribution in [1.29, 1.82) is 0 Å². The van der Waals surface area contributed by atoms with Gasteiger partial charge in [0.05, 0.1) is 5.02 Å². The van der Waals surface area contributed by atoms with Gasteiger partial charge in [-0.1, -0.05) is 48.0 Å². The molecule has 0 saturated carbocycles. The van der Waals surface area contributed by atoms with Crippen LogP contribution in [-0.4, -0.2) is 101 Å². The number of amidine groups is 2. The molecule has 3 heterocycles. The van der Waals surface area contributed by atoms with Gasteiger partial charge in [-0.25, -0.2) is 13.8 Å². The van der Waals surface area contributed by atoms with Gasteiger partial charge in [-0.2, -0.15) is 0 Å². The van der Waals surface area contributed by atoms with Gasteiger partial charge in [-0.15, -0.1) is 0 Å². The van der Waals surface area contributed by atoms with Gasteiger partial charge >= 0.3 is 11.9 Å². The number of urea groups is 1. The Morgan fingerprint density at radius 2 is 1.61 bits per heavy atom. The van der Waals surface area contributed by atoms with Gasteiger partial charge in [0.1, 0.15) is 18.9 Å². The van der Waals surface area contributed by atoms with E-state index in [2.05, 4.69) is 34.1 Å². The van der Waals surface area contributed by atoms with Crippen molar-refractivity contribution >= 4 is 35.2 Å². The molecular formula is C26H29ClFN6O2+. The van der Waals surface area contributed by atoms with E-state index in [9.17, 15) is 14.0 Å². The highest BCUT2D eigenvalue weighted by Crippen LogP contribution is 2.25. The van der Waals surface area contributed by atoms with Crippen LogP contribution in [-0.2, 0) is 17.9 Å². The van der Waals surface area contributed by atoms with E-state index in [4.69, 9.17) is 16.6 Å². The van der Waals surface area contributed by atoms with E-state index in [1.807, 2.05) is 6.07 Å². The number of carbonyl (C=O) groups is 2. The fourth-order valence-electron chi connectivity index (χ4n) is 4.96. The molecule has 0 aromatic heterocycles. The minimum absolute atomic E-state index is 0.0775. The fourth-order valence-corrected chi connectivity index (χ4v) is 5.18. The first-order valence-electron chi connectivity index (χ1n) is 12.0. The van der Waals surface area contributed by atoms with Crippen molar-refractivity contribution in [2.75, 3.05) is 46.8 Å². The van der Waals surface area contributed by atoms with Crippen LogP contribution in [0.25, 0.3) is 0 Å². The summed E-state index contributed by atoms with van der Waals surface area (Å²) < 4.78 is 16.5. The van der Waals surface area contributed by atoms with Gasteiger partial charge in [0, 0.05) is 52.4 Å². The average Bonchev–Trinajstić information content (AvgIpc) is 3.23. The summed E-state index contributed by atoms with van der Waals surface area (Å²) in [7, 11) is 3.06. The third kappa shape index (κ3) is 4.66. The van der Waals surface area contributed by atoms with Gasteiger partial charge in [-0.3, -0.25) is 24.4 Å². The van der Waals surface area contributed by atoms with Crippen LogP contribution < -0.4 is 0 Å². The highest BCUT2D eigenvalue weighted by atomic mass is 35.5. The minimum atomic E-state index is -0.803. The monoisotopic (exact) mass is 511 g/mol. The van der Waals surface area contributed by atoms with Crippen molar-refractivity contribution in [3.05, 3.63) is 70.5 Å². The molecule has 10 heteroatoms. The van der Waals surface area contributed by atoms with E-state index in [0.29, 0.717) is 28.8 Å². The van der Waals surface area contributed by atoms with Gasteiger partial charge in [0.2, 0.25) is 0 Å². The number of likely N-dealkylation sites (N-methyl/N-ethyl adjacent to an activating group) is 2. The van der Waals surface area contributed by atoms with E-state index < -0.39 is 17.9 Å². The summed E-state index contributed by atoms with van der Waals surface area (Å²) >= 11 is 6.33. The maximum atomic E-state index is 14.7. The first-order chi connectivity index (χ1) is 17.3. The normalized spacial score (nSPS) is 21.3. The summed E-state index contributed by atoms with van der Waals surface area (Å²) in [6.07, 6.45) is 0. The van der Waals surface area contributed by atoms with Gasteiger partial charge in [0.15, 0.2) is 0 Å². The molecule has 8 nitrogen and oxygen atoms in total. The zero-order chi connectivity index (χ0) is 25.4. The van der Waals surface area contributed by atoms with E-state index in [1.54, 1.807) is 23.8 Å². The van der Waals surface area contributed by atoms with Crippen LogP contribution in [0.4, 0.5) is 9.18 Å². The van der Waals surface area contributed by atoms with Crippen LogP contribution >= 0.6 is 11.6 Å². The Hall–Kier alpha value is -3.14. The molecule has 5 rings (SSSR count). The molecule has 1 unspecified atom stereocenters. The molecule has 36 heavy (non-hydrogen) atoms. The Labute approximate surface area is 214 Å². The molecule has 2 aromatic rings. The summed E-state index contributed by atoms with van der Waals surface area (Å²) in [5.41, 5.74) is 1.59. The molecule has 1 atom stereocenters. The standard InChI is InChI=1S/C26H29ClFN6O2/c1-30-24-23(25(35)31(2)26(30)36)34(16-19-20(27)9-6-10-21(19)28)22(29-24)17-33-13-11-32(12-14-33)15-18-7-4-3-5-8-18/h3-10,23H,11-17H2,1-2H3/q+1. The lowest BCUT2D eigenvalue weighted by atomic mass is 10.1. The van der Waals surface area contributed by atoms with Crippen LogP contribution in [0.2, 0.25) is 5.02 Å². The quantitative estimate of drug-likeness (QED) is 0.559. The van der Waals surface area contributed by atoms with Crippen molar-refractivity contribution < 1.29 is 18.6 Å². The molecule has 0 radical (unpaired) electrons. The first kappa shape index (κ1) is 24.5. The van der Waals surface area contributed by atoms with Crippen LogP contribution in [0, 0.1) is 5.82 Å². The van der Waals surface area contributed by atoms with Crippen LogP contribution in [0.1, 0.15) is 11.1 Å². The number of carbonyl (C=O) groups excluding carboxylic acids is 2. The third-order valence-corrected chi connectivity index (χ3v) is 7.44. The molecule has 0 bridgehead atoms. The van der Waals surface area contributed by atoms with Crippen molar-refractivity contribution in [2.24, 2.45) is 4.99 Å². The molecule has 0 spiro atoms. The van der Waals surface area contributed by atoms with E-state index in [0.717, 1.165) is 37.6 Å². The molecule has 3 amide bonds. The zero-order valence-corrected chi connectivity index (χ0v) is 21.2. The van der Waals surface area contributed by atoms with Crippen LogP contribution in [0.5, 0.6) is 0 Å². The Morgan fingerprint density at radius 1 is 0.944 bits per heavy atom. The number of hydrogen-bond donors (Lipinski definition) is 0. The molecule has 0 aliphatic carbocycles. The molecule has 2 fully saturated rings. The minimum Gasteiger partial charge on any atom is -0.297 e. The number of nitrogens with zero attached hydrogens (tertiary/aromatic N) is 6. The number of amides is 3. The number of halogens is 2. The van der Waals surface area contributed by atoms with E-state index in [1.165, 1.54) is 23.6 Å². The van der Waals surface area contributed by atoms with Crippen molar-refractivity contribution in [1.82, 2.24) is 19.6 Å². The maximum absolute atomic E-state index is 14.7. The van der Waals surface area contributed by atoms with Crippen molar-refractivity contribution in [3.63, 3.8) is 0 Å². The number of aliphatic imine (C=N–C) groups is 1. The molecule has 3 aliphatic heterocycles. The lowest BCUT2D eigenvalue weighted by Crippen LogP contribution is -2.61. The Bertz CT molecular complexity index is 1220. The average molecular weight is 512 g/mol. The highest BCUT2D eigenvalue weighted by Gasteiger charge is 2.53. The lowest BCUT2D eigenvalue weighted by Gasteiger charge is -2.34. The molecule has 0 N–H and O–H groups in total. The fraction of sp³-hybridized carbons (Fsp3) is 0.385. The Balaban J connectivity index is 1.38. The second kappa shape index (κ2) is 10.1.